The number of H-pyrrole nitrogens is 1. The molecule has 2 aromatic heterocycles. The normalized spacial score (nSPS) is 17.2. The smallest absolute Gasteiger partial charge is 0.223 e. The maximum atomic E-state index is 12.9. The first kappa shape index (κ1) is 25.1. The number of likely N-dealkylation sites (tertiary alicyclic amines) is 1. The number of aryl methyl sites for hydroxylation is 1. The fourth-order valence-corrected chi connectivity index (χ4v) is 5.29. The van der Waals surface area contributed by atoms with Crippen LogP contribution in [0.25, 0.3) is 28.1 Å². The van der Waals surface area contributed by atoms with Crippen molar-refractivity contribution in [3.05, 3.63) is 65.9 Å². The summed E-state index contributed by atoms with van der Waals surface area (Å²) in [6.07, 6.45) is 8.69. The number of carbonyl (C=O) groups is 1. The van der Waals surface area contributed by atoms with E-state index in [0.29, 0.717) is 6.54 Å². The maximum Gasteiger partial charge on any atom is 0.223 e. The molecule has 194 valence electrons. The highest BCUT2D eigenvalue weighted by Crippen LogP contribution is 2.37. The van der Waals surface area contributed by atoms with Crippen molar-refractivity contribution in [1.29, 1.82) is 0 Å². The molecule has 1 saturated heterocycles. The average molecular weight is 503 g/mol. The molecule has 5 rings (SSSR count). The lowest BCUT2D eigenvalue weighted by Gasteiger charge is -2.30. The lowest BCUT2D eigenvalue weighted by atomic mass is 9.96. The van der Waals surface area contributed by atoms with E-state index in [1.165, 1.54) is 5.56 Å². The van der Waals surface area contributed by atoms with Gasteiger partial charge in [-0.2, -0.15) is 0 Å². The van der Waals surface area contributed by atoms with Gasteiger partial charge in [-0.05, 0) is 73.7 Å². The fraction of sp³-hybridized carbons (Fsp3) is 0.393. The number of benzene rings is 1. The lowest BCUT2D eigenvalue weighted by Crippen LogP contribution is -2.41. The number of rotatable bonds is 9. The van der Waals surface area contributed by atoms with Gasteiger partial charge < -0.3 is 19.9 Å². The Morgan fingerprint density at radius 1 is 1.19 bits per heavy atom. The first-order chi connectivity index (χ1) is 18.2. The Bertz CT molecular complexity index is 1250. The molecule has 9 heteroatoms. The largest absolute Gasteiger partial charge is 0.383 e. The highest BCUT2D eigenvalue weighted by atomic mass is 16.5. The number of piperidine rings is 1. The third-order valence-electron chi connectivity index (χ3n) is 7.35. The molecule has 2 aliphatic rings. The topological polar surface area (TPSA) is 115 Å². The van der Waals surface area contributed by atoms with E-state index in [0.717, 1.165) is 91.4 Å². The van der Waals surface area contributed by atoms with E-state index in [4.69, 9.17) is 14.9 Å². The standard InChI is InChI=1S/C28H34N6O3/c1-37-15-14-34-12-8-20(9-13-34)28(35)30-18-25-32-26(19-6-10-29-11-7-19)27(33-25)22-4-5-24-21(16-22)2-3-23(24)17-31-36/h4-7,10-11,16-17,20,31,36H,2-3,8-9,12-15,18H2,1H3,(H,30,35)(H,32,33)/b23-17-. The Morgan fingerprint density at radius 3 is 2.76 bits per heavy atom. The molecule has 0 spiro atoms. The minimum absolute atomic E-state index is 0.0280. The van der Waals surface area contributed by atoms with Gasteiger partial charge in [-0.1, -0.05) is 12.1 Å². The van der Waals surface area contributed by atoms with Crippen molar-refractivity contribution in [2.45, 2.75) is 32.2 Å². The van der Waals surface area contributed by atoms with Crippen LogP contribution in [0.5, 0.6) is 0 Å². The molecule has 3 heterocycles. The van der Waals surface area contributed by atoms with E-state index >= 15 is 0 Å². The van der Waals surface area contributed by atoms with Gasteiger partial charge in [-0.3, -0.25) is 20.5 Å². The third-order valence-corrected chi connectivity index (χ3v) is 7.35. The van der Waals surface area contributed by atoms with E-state index < -0.39 is 0 Å². The van der Waals surface area contributed by atoms with Crippen molar-refractivity contribution in [2.75, 3.05) is 33.4 Å². The summed E-state index contributed by atoms with van der Waals surface area (Å²) < 4.78 is 5.17. The predicted octanol–water partition coefficient (Wildman–Crippen LogP) is 3.38. The molecule has 9 nitrogen and oxygen atoms in total. The third kappa shape index (κ3) is 5.74. The van der Waals surface area contributed by atoms with Crippen LogP contribution in [0.1, 0.15) is 36.2 Å². The van der Waals surface area contributed by atoms with Gasteiger partial charge in [-0.25, -0.2) is 4.98 Å². The molecule has 37 heavy (non-hydrogen) atoms. The van der Waals surface area contributed by atoms with Gasteiger partial charge in [0.2, 0.25) is 5.91 Å². The van der Waals surface area contributed by atoms with Gasteiger partial charge in [0.1, 0.15) is 5.82 Å². The molecule has 0 unspecified atom stereocenters. The number of aromatic amines is 1. The summed E-state index contributed by atoms with van der Waals surface area (Å²) in [5, 5.41) is 12.2. The Kier molecular flexibility index (Phi) is 7.93. The summed E-state index contributed by atoms with van der Waals surface area (Å²) in [6.45, 7) is 3.82. The Morgan fingerprint density at radius 2 is 2.00 bits per heavy atom. The zero-order chi connectivity index (χ0) is 25.6. The number of imidazole rings is 1. The summed E-state index contributed by atoms with van der Waals surface area (Å²) >= 11 is 0. The van der Waals surface area contributed by atoms with Crippen LogP contribution in [-0.4, -0.2) is 64.3 Å². The van der Waals surface area contributed by atoms with E-state index in [-0.39, 0.29) is 11.8 Å². The van der Waals surface area contributed by atoms with Crippen LogP contribution in [0.3, 0.4) is 0 Å². The molecule has 1 aromatic carbocycles. The molecule has 1 aliphatic heterocycles. The molecular formula is C28H34N6O3. The molecular weight excluding hydrogens is 468 g/mol. The number of pyridine rings is 1. The highest BCUT2D eigenvalue weighted by molar-refractivity contribution is 5.82. The van der Waals surface area contributed by atoms with Crippen LogP contribution in [0.2, 0.25) is 0 Å². The summed E-state index contributed by atoms with van der Waals surface area (Å²) in [5.74, 6) is 0.836. The number of fused-ring (bicyclic) bond motifs is 1. The number of hydrogen-bond donors (Lipinski definition) is 4. The molecule has 1 fully saturated rings. The average Bonchev–Trinajstić information content (AvgIpc) is 3.56. The zero-order valence-electron chi connectivity index (χ0n) is 21.2. The minimum Gasteiger partial charge on any atom is -0.383 e. The highest BCUT2D eigenvalue weighted by Gasteiger charge is 2.25. The van der Waals surface area contributed by atoms with Crippen molar-refractivity contribution < 1.29 is 14.7 Å². The van der Waals surface area contributed by atoms with Crippen molar-refractivity contribution in [1.82, 2.24) is 30.6 Å². The van der Waals surface area contributed by atoms with E-state index in [9.17, 15) is 4.79 Å². The van der Waals surface area contributed by atoms with Crippen molar-refractivity contribution in [3.8, 4) is 22.5 Å². The van der Waals surface area contributed by atoms with Crippen molar-refractivity contribution in [2.24, 2.45) is 5.92 Å². The minimum atomic E-state index is 0.0280. The molecule has 0 bridgehead atoms. The van der Waals surface area contributed by atoms with Crippen LogP contribution in [-0.2, 0) is 22.5 Å². The monoisotopic (exact) mass is 502 g/mol. The molecule has 3 aromatic rings. The van der Waals surface area contributed by atoms with Crippen LogP contribution in [0.15, 0.2) is 48.9 Å². The lowest BCUT2D eigenvalue weighted by molar-refractivity contribution is -0.126. The molecule has 0 radical (unpaired) electrons. The van der Waals surface area contributed by atoms with E-state index in [2.05, 4.69) is 43.9 Å². The second-order valence-corrected chi connectivity index (χ2v) is 9.64. The molecule has 0 saturated carbocycles. The number of amides is 1. The number of allylic oxidation sites excluding steroid dienone is 1. The van der Waals surface area contributed by atoms with Gasteiger partial charge >= 0.3 is 0 Å². The quantitative estimate of drug-likeness (QED) is 0.332. The second-order valence-electron chi connectivity index (χ2n) is 9.64. The fourth-order valence-electron chi connectivity index (χ4n) is 5.29. The Labute approximate surface area is 216 Å². The predicted molar refractivity (Wildman–Crippen MR) is 141 cm³/mol. The van der Waals surface area contributed by atoms with Crippen LogP contribution < -0.4 is 10.8 Å². The zero-order valence-corrected chi connectivity index (χ0v) is 21.2. The number of hydroxylamine groups is 1. The number of methoxy groups -OCH3 is 1. The van der Waals surface area contributed by atoms with Gasteiger partial charge in [0, 0.05) is 49.3 Å². The molecule has 4 N–H and O–H groups in total. The van der Waals surface area contributed by atoms with Crippen LogP contribution in [0, 0.1) is 5.92 Å². The summed E-state index contributed by atoms with van der Waals surface area (Å²) in [4.78, 5) is 27.8. The summed E-state index contributed by atoms with van der Waals surface area (Å²) in [7, 11) is 1.72. The van der Waals surface area contributed by atoms with Gasteiger partial charge in [0.05, 0.1) is 24.5 Å². The number of nitrogens with zero attached hydrogens (tertiary/aromatic N) is 3. The maximum absolute atomic E-state index is 12.9. The van der Waals surface area contributed by atoms with Crippen molar-refractivity contribution >= 4 is 11.5 Å². The van der Waals surface area contributed by atoms with E-state index in [1.807, 2.05) is 12.1 Å². The number of ether oxygens (including phenoxy) is 1. The summed E-state index contributed by atoms with van der Waals surface area (Å²) in [5.41, 5.74) is 9.39. The number of carbonyl (C=O) groups excluding carboxylic acids is 1. The van der Waals surface area contributed by atoms with E-state index in [1.54, 1.807) is 25.7 Å². The second kappa shape index (κ2) is 11.7. The Hall–Kier alpha value is -3.53. The molecule has 1 aliphatic carbocycles. The first-order valence-electron chi connectivity index (χ1n) is 12.9. The van der Waals surface area contributed by atoms with Gasteiger partial charge in [0.15, 0.2) is 0 Å². The first-order valence-corrected chi connectivity index (χ1v) is 12.9. The molecule has 1 amide bonds. The SMILES string of the molecule is COCCN1CCC(C(=O)NCc2nc(-c3ccc4c(c3)CC/C4=C/NO)c(-c3ccncc3)[nH]2)CC1. The Balaban J connectivity index is 1.32. The van der Waals surface area contributed by atoms with Gasteiger partial charge in [-0.15, -0.1) is 0 Å². The number of nitrogens with one attached hydrogen (secondary N) is 3. The van der Waals surface area contributed by atoms with Crippen LogP contribution >= 0.6 is 0 Å². The molecule has 0 atom stereocenters. The number of hydrogen-bond acceptors (Lipinski definition) is 7. The van der Waals surface area contributed by atoms with Gasteiger partial charge in [0.25, 0.3) is 0 Å². The summed E-state index contributed by atoms with van der Waals surface area (Å²) in [6, 6.07) is 10.2. The van der Waals surface area contributed by atoms with Crippen molar-refractivity contribution in [3.63, 3.8) is 0 Å². The number of aromatic nitrogens is 3. The van der Waals surface area contributed by atoms with Crippen LogP contribution in [0.4, 0.5) is 0 Å².